The molecule has 0 saturated heterocycles. The van der Waals surface area contributed by atoms with Gasteiger partial charge in [-0.05, 0) is 63.2 Å². The minimum atomic E-state index is -3.55. The van der Waals surface area contributed by atoms with Crippen LogP contribution in [0, 0.1) is 35.2 Å². The lowest BCUT2D eigenvalue weighted by Crippen LogP contribution is -2.38. The molecule has 3 rings (SSSR count). The van der Waals surface area contributed by atoms with Gasteiger partial charge in [0, 0.05) is 19.2 Å². The molecule has 0 spiro atoms. The van der Waals surface area contributed by atoms with E-state index in [4.69, 9.17) is 4.74 Å². The number of hydrogen-bond acceptors (Lipinski definition) is 2. The van der Waals surface area contributed by atoms with Crippen LogP contribution in [0.15, 0.2) is 12.1 Å². The van der Waals surface area contributed by atoms with E-state index in [1.165, 1.54) is 0 Å². The van der Waals surface area contributed by atoms with E-state index >= 15 is 0 Å². The van der Waals surface area contributed by atoms with Crippen molar-refractivity contribution >= 4 is 0 Å². The Bertz CT molecular complexity index is 612. The maximum Gasteiger partial charge on any atom is 0.400 e. The molecule has 0 heterocycles. The van der Waals surface area contributed by atoms with Gasteiger partial charge in [0.05, 0.1) is 12.0 Å². The third-order valence-electron chi connectivity index (χ3n) is 6.18. The summed E-state index contributed by atoms with van der Waals surface area (Å²) in [5.41, 5.74) is 0. The Kier molecular flexibility index (Phi) is 6.28. The molecule has 2 aliphatic carbocycles. The van der Waals surface area contributed by atoms with E-state index in [1.54, 1.807) is 7.11 Å². The van der Waals surface area contributed by atoms with Crippen LogP contribution in [0.4, 0.5) is 22.0 Å². The predicted octanol–water partition coefficient (Wildman–Crippen LogP) is 6.09. The third-order valence-corrected chi connectivity index (χ3v) is 6.18. The lowest BCUT2D eigenvalue weighted by Gasteiger charge is -2.39. The molecular formula is C20H25F5O2. The number of halogens is 5. The first-order chi connectivity index (χ1) is 12.8. The molecule has 152 valence electrons. The molecule has 2 fully saturated rings. The standard InChI is InChI=1S/C20H25F5O2/c1-26-15-8-4-13(5-9-15)12-2-6-14(7-3-12)20(24,25)27-16-10-17(21)19(23)18(22)11-16/h10-15H,2-9H2,1H3. The SMILES string of the molecule is COC1CCC(C2CCC(C(F)(F)Oc3cc(F)c(F)c(F)c3)CC2)CC1. The molecule has 0 radical (unpaired) electrons. The Morgan fingerprint density at radius 3 is 1.78 bits per heavy atom. The van der Waals surface area contributed by atoms with E-state index in [9.17, 15) is 22.0 Å². The van der Waals surface area contributed by atoms with Crippen LogP contribution < -0.4 is 4.74 Å². The van der Waals surface area contributed by atoms with Crippen LogP contribution in [0.5, 0.6) is 5.75 Å². The van der Waals surface area contributed by atoms with E-state index < -0.39 is 35.2 Å². The third kappa shape index (κ3) is 4.73. The summed E-state index contributed by atoms with van der Waals surface area (Å²) in [5, 5.41) is 0. The number of ether oxygens (including phenoxy) is 2. The maximum atomic E-state index is 14.4. The maximum absolute atomic E-state index is 14.4. The lowest BCUT2D eigenvalue weighted by atomic mass is 9.70. The largest absolute Gasteiger partial charge is 0.432 e. The van der Waals surface area contributed by atoms with Crippen LogP contribution >= 0.6 is 0 Å². The number of rotatable bonds is 5. The normalized spacial score (nSPS) is 29.6. The molecule has 27 heavy (non-hydrogen) atoms. The van der Waals surface area contributed by atoms with Crippen LogP contribution in [-0.2, 0) is 4.74 Å². The molecule has 0 unspecified atom stereocenters. The smallest absolute Gasteiger partial charge is 0.400 e. The van der Waals surface area contributed by atoms with Crippen molar-refractivity contribution in [1.29, 1.82) is 0 Å². The highest BCUT2D eigenvalue weighted by molar-refractivity contribution is 5.25. The predicted molar refractivity (Wildman–Crippen MR) is 90.1 cm³/mol. The van der Waals surface area contributed by atoms with Gasteiger partial charge in [-0.2, -0.15) is 8.78 Å². The van der Waals surface area contributed by atoms with Gasteiger partial charge in [-0.3, -0.25) is 0 Å². The summed E-state index contributed by atoms with van der Waals surface area (Å²) < 4.78 is 78.2. The average Bonchev–Trinajstić information content (AvgIpc) is 2.66. The fourth-order valence-electron chi connectivity index (χ4n) is 4.55. The van der Waals surface area contributed by atoms with Crippen LogP contribution in [0.3, 0.4) is 0 Å². The van der Waals surface area contributed by atoms with E-state index in [2.05, 4.69) is 4.74 Å². The van der Waals surface area contributed by atoms with Crippen molar-refractivity contribution in [3.63, 3.8) is 0 Å². The summed E-state index contributed by atoms with van der Waals surface area (Å²) in [6.07, 6.45) is 2.91. The van der Waals surface area contributed by atoms with E-state index in [0.29, 0.717) is 55.8 Å². The van der Waals surface area contributed by atoms with Crippen LogP contribution in [0.1, 0.15) is 51.4 Å². The molecule has 1 aromatic rings. The van der Waals surface area contributed by atoms with E-state index in [0.717, 1.165) is 25.7 Å². The van der Waals surface area contributed by atoms with Gasteiger partial charge in [-0.15, -0.1) is 0 Å². The van der Waals surface area contributed by atoms with Gasteiger partial charge in [0.1, 0.15) is 5.75 Å². The molecule has 0 aliphatic heterocycles. The molecule has 1 aromatic carbocycles. The molecule has 0 aromatic heterocycles. The number of hydrogen-bond donors (Lipinski definition) is 0. The fourth-order valence-corrected chi connectivity index (χ4v) is 4.55. The highest BCUT2D eigenvalue weighted by Gasteiger charge is 2.45. The van der Waals surface area contributed by atoms with Gasteiger partial charge < -0.3 is 9.47 Å². The Hall–Kier alpha value is -1.37. The monoisotopic (exact) mass is 392 g/mol. The summed E-state index contributed by atoms with van der Waals surface area (Å²) in [4.78, 5) is 0. The quantitative estimate of drug-likeness (QED) is 0.446. The summed E-state index contributed by atoms with van der Waals surface area (Å²) in [7, 11) is 1.72. The fraction of sp³-hybridized carbons (Fsp3) is 0.700. The minimum absolute atomic E-state index is 0.300. The van der Waals surface area contributed by atoms with Crippen LogP contribution in [0.25, 0.3) is 0 Å². The zero-order valence-electron chi connectivity index (χ0n) is 15.3. The summed E-state index contributed by atoms with van der Waals surface area (Å²) >= 11 is 0. The minimum Gasteiger partial charge on any atom is -0.432 e. The second-order valence-electron chi connectivity index (χ2n) is 7.75. The van der Waals surface area contributed by atoms with Gasteiger partial charge in [-0.1, -0.05) is 0 Å². The Morgan fingerprint density at radius 1 is 0.815 bits per heavy atom. The Labute approximate surface area is 156 Å². The summed E-state index contributed by atoms with van der Waals surface area (Å²) in [6, 6.07) is 0.901. The van der Waals surface area contributed by atoms with Gasteiger partial charge in [0.15, 0.2) is 17.5 Å². The molecule has 0 bridgehead atoms. The topological polar surface area (TPSA) is 18.5 Å². The first-order valence-electron chi connectivity index (χ1n) is 9.54. The van der Waals surface area contributed by atoms with Gasteiger partial charge in [-0.25, -0.2) is 13.2 Å². The number of benzene rings is 1. The highest BCUT2D eigenvalue weighted by atomic mass is 19.3. The van der Waals surface area contributed by atoms with Crippen LogP contribution in [0.2, 0.25) is 0 Å². The molecule has 0 atom stereocenters. The van der Waals surface area contributed by atoms with E-state index in [-0.39, 0.29) is 0 Å². The summed E-state index contributed by atoms with van der Waals surface area (Å²) in [5.74, 6) is -5.53. The number of alkyl halides is 2. The van der Waals surface area contributed by atoms with Crippen LogP contribution in [-0.4, -0.2) is 19.3 Å². The summed E-state index contributed by atoms with van der Waals surface area (Å²) in [6.45, 7) is 0. The van der Waals surface area contributed by atoms with Crippen molar-refractivity contribution in [3.05, 3.63) is 29.6 Å². The Morgan fingerprint density at radius 2 is 1.30 bits per heavy atom. The first-order valence-corrected chi connectivity index (χ1v) is 9.54. The Balaban J connectivity index is 1.55. The molecule has 7 heteroatoms. The van der Waals surface area contributed by atoms with Crippen molar-refractivity contribution in [2.75, 3.05) is 7.11 Å². The highest BCUT2D eigenvalue weighted by Crippen LogP contribution is 2.45. The molecule has 2 saturated carbocycles. The van der Waals surface area contributed by atoms with Gasteiger partial charge in [0.2, 0.25) is 0 Å². The van der Waals surface area contributed by atoms with E-state index in [1.807, 2.05) is 0 Å². The number of methoxy groups -OCH3 is 1. The first kappa shape index (κ1) is 20.4. The molecular weight excluding hydrogens is 367 g/mol. The van der Waals surface area contributed by atoms with Crippen molar-refractivity contribution in [3.8, 4) is 5.75 Å². The van der Waals surface area contributed by atoms with Gasteiger partial charge in [0.25, 0.3) is 0 Å². The lowest BCUT2D eigenvalue weighted by molar-refractivity contribution is -0.224. The second-order valence-corrected chi connectivity index (χ2v) is 7.75. The molecule has 2 nitrogen and oxygen atoms in total. The van der Waals surface area contributed by atoms with Crippen molar-refractivity contribution < 1.29 is 31.4 Å². The van der Waals surface area contributed by atoms with Crippen molar-refractivity contribution in [1.82, 2.24) is 0 Å². The van der Waals surface area contributed by atoms with Crippen molar-refractivity contribution in [2.45, 2.75) is 63.6 Å². The average molecular weight is 392 g/mol. The zero-order chi connectivity index (χ0) is 19.6. The van der Waals surface area contributed by atoms with Crippen molar-refractivity contribution in [2.24, 2.45) is 17.8 Å². The molecule has 0 N–H and O–H groups in total. The zero-order valence-corrected chi connectivity index (χ0v) is 15.3. The van der Waals surface area contributed by atoms with Gasteiger partial charge >= 0.3 is 6.11 Å². The second kappa shape index (κ2) is 8.33. The molecule has 0 amide bonds. The molecule has 2 aliphatic rings.